The number of nitrogens with zero attached hydrogens (tertiary/aromatic N) is 3. The Morgan fingerprint density at radius 2 is 2.00 bits per heavy atom. The molecule has 0 unspecified atom stereocenters. The highest BCUT2D eigenvalue weighted by Crippen LogP contribution is 2.39. The van der Waals surface area contributed by atoms with E-state index in [1.807, 2.05) is 4.57 Å². The number of unbranched alkanes of at least 4 members (excludes halogenated alkanes) is 1. The number of rotatable bonds is 12. The number of fused-ring (bicyclic) bond motifs is 1. The van der Waals surface area contributed by atoms with Gasteiger partial charge in [-0.2, -0.15) is 0 Å². The molecule has 0 atom stereocenters. The van der Waals surface area contributed by atoms with Crippen molar-refractivity contribution in [2.24, 2.45) is 0 Å². The molecule has 1 aliphatic carbocycles. The number of carbonyl (C=O) groups is 3. The molecule has 9 nitrogen and oxygen atoms in total. The molecule has 2 N–H and O–H groups in total. The van der Waals surface area contributed by atoms with Gasteiger partial charge >= 0.3 is 5.97 Å². The number of aromatic nitrogens is 3. The molecule has 0 fully saturated rings. The van der Waals surface area contributed by atoms with E-state index in [-0.39, 0.29) is 35.7 Å². The molecule has 2 amide bonds. The van der Waals surface area contributed by atoms with Gasteiger partial charge in [0.1, 0.15) is 5.00 Å². The third kappa shape index (κ3) is 7.13. The highest BCUT2D eigenvalue weighted by Gasteiger charge is 2.28. The number of esters is 1. The first-order chi connectivity index (χ1) is 18.8. The second-order valence-corrected chi connectivity index (χ2v) is 11.7. The Hall–Kier alpha value is -2.60. The van der Waals surface area contributed by atoms with Crippen LogP contribution in [0.4, 0.5) is 5.00 Å². The van der Waals surface area contributed by atoms with Gasteiger partial charge in [-0.05, 0) is 56.4 Å². The third-order valence-electron chi connectivity index (χ3n) is 6.10. The lowest BCUT2D eigenvalue weighted by atomic mass is 10.1. The van der Waals surface area contributed by atoms with Gasteiger partial charge in [0.15, 0.2) is 11.0 Å². The molecule has 1 aromatic carbocycles. The third-order valence-corrected chi connectivity index (χ3v) is 8.82. The van der Waals surface area contributed by atoms with E-state index in [9.17, 15) is 14.4 Å². The second kappa shape index (κ2) is 13.6. The number of benzene rings is 1. The number of amides is 2. The monoisotopic (exact) mass is 609 g/mol. The van der Waals surface area contributed by atoms with Crippen LogP contribution >= 0.6 is 46.3 Å². The molecule has 1 aliphatic rings. The lowest BCUT2D eigenvalue weighted by Crippen LogP contribution is -2.25. The Balaban J connectivity index is 1.41. The molecule has 4 rings (SSSR count). The summed E-state index contributed by atoms with van der Waals surface area (Å²) >= 11 is 14.8. The minimum atomic E-state index is -0.397. The van der Waals surface area contributed by atoms with Crippen LogP contribution in [0.5, 0.6) is 0 Å². The van der Waals surface area contributed by atoms with Crippen LogP contribution < -0.4 is 10.6 Å². The van der Waals surface area contributed by atoms with E-state index in [0.717, 1.165) is 42.5 Å². The molecule has 13 heteroatoms. The van der Waals surface area contributed by atoms with Crippen LogP contribution in [0.25, 0.3) is 0 Å². The van der Waals surface area contributed by atoms with Crippen LogP contribution in [0.3, 0.4) is 0 Å². The fourth-order valence-corrected chi connectivity index (χ4v) is 6.80. The number of anilines is 1. The van der Waals surface area contributed by atoms with Crippen LogP contribution in [0.2, 0.25) is 10.0 Å². The Kier molecular flexibility index (Phi) is 10.3. The molecule has 0 saturated heterocycles. The fourth-order valence-electron chi connectivity index (χ4n) is 4.23. The van der Waals surface area contributed by atoms with Crippen LogP contribution in [-0.2, 0) is 35.5 Å². The fraction of sp³-hybridized carbons (Fsp3) is 0.423. The summed E-state index contributed by atoms with van der Waals surface area (Å²) in [7, 11) is 0. The number of carbonyl (C=O) groups excluding carboxylic acids is 3. The zero-order chi connectivity index (χ0) is 27.9. The number of thiophene rings is 1. The zero-order valence-corrected chi connectivity index (χ0v) is 24.8. The molecule has 0 saturated carbocycles. The van der Waals surface area contributed by atoms with E-state index >= 15 is 0 Å². The summed E-state index contributed by atoms with van der Waals surface area (Å²) in [6.45, 7) is 4.90. The number of hydrogen-bond acceptors (Lipinski definition) is 8. The molecule has 3 aromatic rings. The topological polar surface area (TPSA) is 115 Å². The molecule has 208 valence electrons. The van der Waals surface area contributed by atoms with Gasteiger partial charge in [-0.25, -0.2) is 4.79 Å². The van der Waals surface area contributed by atoms with Crippen molar-refractivity contribution < 1.29 is 19.1 Å². The number of halogens is 2. The van der Waals surface area contributed by atoms with E-state index in [1.165, 1.54) is 29.2 Å². The van der Waals surface area contributed by atoms with Crippen LogP contribution in [-0.4, -0.2) is 44.9 Å². The van der Waals surface area contributed by atoms with Crippen molar-refractivity contribution in [3.05, 3.63) is 55.6 Å². The quantitative estimate of drug-likeness (QED) is 0.198. The number of ether oxygens (including phenoxy) is 1. The number of hydrogen-bond donors (Lipinski definition) is 2. The molecular weight excluding hydrogens is 581 g/mol. The van der Waals surface area contributed by atoms with Gasteiger partial charge in [-0.15, -0.1) is 21.5 Å². The molecule has 0 aliphatic heterocycles. The Labute approximate surface area is 245 Å². The molecule has 0 bridgehead atoms. The van der Waals surface area contributed by atoms with Gasteiger partial charge < -0.3 is 19.9 Å². The predicted molar refractivity (Wildman–Crippen MR) is 154 cm³/mol. The van der Waals surface area contributed by atoms with Crippen molar-refractivity contribution >= 4 is 69.1 Å². The largest absolute Gasteiger partial charge is 0.462 e. The van der Waals surface area contributed by atoms with Crippen LogP contribution in [0.15, 0.2) is 23.4 Å². The van der Waals surface area contributed by atoms with Crippen molar-refractivity contribution in [3.8, 4) is 0 Å². The summed E-state index contributed by atoms with van der Waals surface area (Å²) in [5, 5.41) is 16.1. The van der Waals surface area contributed by atoms with E-state index < -0.39 is 5.97 Å². The van der Waals surface area contributed by atoms with Crippen molar-refractivity contribution in [2.45, 2.75) is 64.2 Å². The van der Waals surface area contributed by atoms with E-state index in [0.29, 0.717) is 38.7 Å². The second-order valence-electron chi connectivity index (χ2n) is 8.83. The Morgan fingerprint density at radius 3 is 2.74 bits per heavy atom. The SMILES string of the molecule is CCCCn1c(CNC(=O)c2ccc(Cl)cc2Cl)nnc1SCC(=O)Nc1sc2c(c1C(=O)OCC)CCC2. The lowest BCUT2D eigenvalue weighted by Gasteiger charge is -2.11. The molecule has 0 spiro atoms. The predicted octanol–water partition coefficient (Wildman–Crippen LogP) is 5.77. The van der Waals surface area contributed by atoms with Crippen molar-refractivity contribution in [1.82, 2.24) is 20.1 Å². The number of nitrogens with one attached hydrogen (secondary N) is 2. The van der Waals surface area contributed by atoms with Gasteiger partial charge in [0.25, 0.3) is 5.91 Å². The standard InChI is InChI=1S/C26H29Cl2N5O4S2/c1-3-5-11-33-20(13-29-23(35)16-10-9-15(27)12-18(16)28)31-32-26(33)38-14-21(34)30-24-22(25(36)37-4-2)17-7-6-8-19(17)39-24/h9-10,12H,3-8,11,13-14H2,1-2H3,(H,29,35)(H,30,34). The van der Waals surface area contributed by atoms with Crippen molar-refractivity contribution in [3.63, 3.8) is 0 Å². The number of thioether (sulfide) groups is 1. The lowest BCUT2D eigenvalue weighted by molar-refractivity contribution is -0.113. The minimum Gasteiger partial charge on any atom is -0.462 e. The zero-order valence-electron chi connectivity index (χ0n) is 21.6. The maximum absolute atomic E-state index is 12.9. The first-order valence-electron chi connectivity index (χ1n) is 12.7. The first-order valence-corrected chi connectivity index (χ1v) is 15.3. The van der Waals surface area contributed by atoms with Crippen molar-refractivity contribution in [2.75, 3.05) is 17.7 Å². The van der Waals surface area contributed by atoms with Gasteiger partial charge in [-0.3, -0.25) is 9.59 Å². The highest BCUT2D eigenvalue weighted by atomic mass is 35.5. The van der Waals surface area contributed by atoms with E-state index in [2.05, 4.69) is 27.8 Å². The summed E-state index contributed by atoms with van der Waals surface area (Å²) in [6.07, 6.45) is 4.55. The highest BCUT2D eigenvalue weighted by molar-refractivity contribution is 7.99. The maximum atomic E-state index is 12.9. The normalized spacial score (nSPS) is 12.3. The molecule has 2 heterocycles. The molecule has 39 heavy (non-hydrogen) atoms. The van der Waals surface area contributed by atoms with Gasteiger partial charge in [-0.1, -0.05) is 48.3 Å². The van der Waals surface area contributed by atoms with Gasteiger partial charge in [0, 0.05) is 16.4 Å². The smallest absolute Gasteiger partial charge is 0.341 e. The summed E-state index contributed by atoms with van der Waals surface area (Å²) < 4.78 is 7.16. The van der Waals surface area contributed by atoms with E-state index in [4.69, 9.17) is 27.9 Å². The van der Waals surface area contributed by atoms with E-state index in [1.54, 1.807) is 19.1 Å². The average Bonchev–Trinajstić information content (AvgIpc) is 3.59. The summed E-state index contributed by atoms with van der Waals surface area (Å²) in [5.74, 6) is -0.338. The molecular formula is C26H29Cl2N5O4S2. The van der Waals surface area contributed by atoms with Crippen LogP contribution in [0, 0.1) is 0 Å². The summed E-state index contributed by atoms with van der Waals surface area (Å²) in [6, 6.07) is 4.68. The van der Waals surface area contributed by atoms with Gasteiger partial charge in [0.2, 0.25) is 5.91 Å². The summed E-state index contributed by atoms with van der Waals surface area (Å²) in [4.78, 5) is 39.3. The molecule has 0 radical (unpaired) electrons. The van der Waals surface area contributed by atoms with Crippen molar-refractivity contribution in [1.29, 1.82) is 0 Å². The Morgan fingerprint density at radius 1 is 1.18 bits per heavy atom. The summed E-state index contributed by atoms with van der Waals surface area (Å²) in [5.41, 5.74) is 1.79. The first kappa shape index (κ1) is 29.4. The van der Waals surface area contributed by atoms with Crippen LogP contribution in [0.1, 0.15) is 70.1 Å². The molecule has 2 aromatic heterocycles. The van der Waals surface area contributed by atoms with Gasteiger partial charge in [0.05, 0.1) is 35.1 Å². The Bertz CT molecular complexity index is 1370. The maximum Gasteiger partial charge on any atom is 0.341 e. The number of aryl methyl sites for hydroxylation is 1. The minimum absolute atomic E-state index is 0.0852. The average molecular weight is 611 g/mol.